The molecule has 1 atom stereocenters. The van der Waals surface area contributed by atoms with Crippen molar-refractivity contribution in [2.45, 2.75) is 13.0 Å². The van der Waals surface area contributed by atoms with Gasteiger partial charge in [0.2, 0.25) is 0 Å². The van der Waals surface area contributed by atoms with Gasteiger partial charge in [0.25, 0.3) is 0 Å². The van der Waals surface area contributed by atoms with Crippen LogP contribution in [0.1, 0.15) is 18.5 Å². The second-order valence-electron chi connectivity index (χ2n) is 4.49. The SMILES string of the molecule is CCOc1cncc(C(COc2ccc(Cl)cc2)NC)c1. The van der Waals surface area contributed by atoms with Crippen LogP contribution < -0.4 is 14.8 Å². The van der Waals surface area contributed by atoms with Crippen molar-refractivity contribution in [3.8, 4) is 11.5 Å². The number of halogens is 1. The van der Waals surface area contributed by atoms with Crippen LogP contribution >= 0.6 is 11.6 Å². The topological polar surface area (TPSA) is 43.4 Å². The van der Waals surface area contributed by atoms with Gasteiger partial charge in [0, 0.05) is 11.2 Å². The second kappa shape index (κ2) is 7.86. The van der Waals surface area contributed by atoms with Gasteiger partial charge in [0.1, 0.15) is 18.1 Å². The summed E-state index contributed by atoms with van der Waals surface area (Å²) in [6.45, 7) is 3.07. The molecule has 0 saturated heterocycles. The van der Waals surface area contributed by atoms with Crippen molar-refractivity contribution in [2.75, 3.05) is 20.3 Å². The first-order chi connectivity index (χ1) is 10.2. The minimum Gasteiger partial charge on any atom is -0.492 e. The summed E-state index contributed by atoms with van der Waals surface area (Å²) < 4.78 is 11.2. The molecule has 4 nitrogen and oxygen atoms in total. The van der Waals surface area contributed by atoms with Crippen molar-refractivity contribution >= 4 is 11.6 Å². The molecule has 0 amide bonds. The lowest BCUT2D eigenvalue weighted by Crippen LogP contribution is -2.23. The molecule has 1 heterocycles. The summed E-state index contributed by atoms with van der Waals surface area (Å²) in [7, 11) is 1.89. The van der Waals surface area contributed by atoms with Gasteiger partial charge in [-0.05, 0) is 49.9 Å². The minimum absolute atomic E-state index is 0.0357. The van der Waals surface area contributed by atoms with Gasteiger partial charge in [-0.2, -0.15) is 0 Å². The van der Waals surface area contributed by atoms with Crippen LogP contribution in [0.3, 0.4) is 0 Å². The van der Waals surface area contributed by atoms with E-state index < -0.39 is 0 Å². The summed E-state index contributed by atoms with van der Waals surface area (Å²) in [5, 5.41) is 3.92. The van der Waals surface area contributed by atoms with Crippen LogP contribution in [0, 0.1) is 0 Å². The summed E-state index contributed by atoms with van der Waals surface area (Å²) in [6, 6.07) is 9.33. The average Bonchev–Trinajstić information content (AvgIpc) is 2.50. The molecule has 0 saturated carbocycles. The zero-order chi connectivity index (χ0) is 15.1. The standard InChI is InChI=1S/C16H19ClN2O2/c1-3-20-15-8-12(9-19-10-15)16(18-2)11-21-14-6-4-13(17)5-7-14/h4-10,16,18H,3,11H2,1-2H3. The molecule has 5 heteroatoms. The number of nitrogens with zero attached hydrogens (tertiary/aromatic N) is 1. The Morgan fingerprint density at radius 1 is 1.14 bits per heavy atom. The quantitative estimate of drug-likeness (QED) is 0.850. The fourth-order valence-electron chi connectivity index (χ4n) is 1.93. The minimum atomic E-state index is 0.0357. The number of hydrogen-bond acceptors (Lipinski definition) is 4. The van der Waals surface area contributed by atoms with Gasteiger partial charge in [-0.3, -0.25) is 4.98 Å². The molecule has 2 rings (SSSR count). The molecule has 1 N–H and O–H groups in total. The summed E-state index contributed by atoms with van der Waals surface area (Å²) >= 11 is 5.85. The molecule has 0 aliphatic heterocycles. The van der Waals surface area contributed by atoms with Crippen molar-refractivity contribution < 1.29 is 9.47 Å². The number of benzene rings is 1. The van der Waals surface area contributed by atoms with Gasteiger partial charge in [-0.1, -0.05) is 11.6 Å². The van der Waals surface area contributed by atoms with Crippen LogP contribution in [-0.2, 0) is 0 Å². The molecule has 0 bridgehead atoms. The molecular weight excluding hydrogens is 288 g/mol. The monoisotopic (exact) mass is 306 g/mol. The molecule has 0 spiro atoms. The molecule has 0 fully saturated rings. The van der Waals surface area contributed by atoms with Gasteiger partial charge in [0.15, 0.2) is 0 Å². The van der Waals surface area contributed by atoms with Crippen molar-refractivity contribution in [2.24, 2.45) is 0 Å². The number of ether oxygens (including phenoxy) is 2. The van der Waals surface area contributed by atoms with Crippen LogP contribution in [-0.4, -0.2) is 25.2 Å². The summed E-state index contributed by atoms with van der Waals surface area (Å²) in [5.74, 6) is 1.55. The summed E-state index contributed by atoms with van der Waals surface area (Å²) in [5.41, 5.74) is 1.03. The molecule has 0 aliphatic carbocycles. The Labute approximate surface area is 130 Å². The number of hydrogen-bond donors (Lipinski definition) is 1. The number of pyridine rings is 1. The van der Waals surface area contributed by atoms with Crippen molar-refractivity contribution in [1.29, 1.82) is 0 Å². The van der Waals surface area contributed by atoms with E-state index in [1.165, 1.54) is 0 Å². The lowest BCUT2D eigenvalue weighted by molar-refractivity contribution is 0.272. The first kappa shape index (κ1) is 15.6. The highest BCUT2D eigenvalue weighted by Gasteiger charge is 2.11. The maximum atomic E-state index is 5.85. The third-order valence-electron chi connectivity index (χ3n) is 3.03. The lowest BCUT2D eigenvalue weighted by atomic mass is 10.1. The Morgan fingerprint density at radius 3 is 2.57 bits per heavy atom. The van der Waals surface area contributed by atoms with E-state index in [1.54, 1.807) is 6.20 Å². The summed E-state index contributed by atoms with van der Waals surface area (Å²) in [4.78, 5) is 4.20. The molecule has 1 unspecified atom stereocenters. The van der Waals surface area contributed by atoms with E-state index in [2.05, 4.69) is 10.3 Å². The molecule has 0 aliphatic rings. The summed E-state index contributed by atoms with van der Waals surface area (Å²) in [6.07, 6.45) is 3.52. The van der Waals surface area contributed by atoms with Crippen molar-refractivity contribution in [3.63, 3.8) is 0 Å². The lowest BCUT2D eigenvalue weighted by Gasteiger charge is -2.18. The van der Waals surface area contributed by atoms with E-state index in [0.29, 0.717) is 18.2 Å². The highest BCUT2D eigenvalue weighted by Crippen LogP contribution is 2.20. The number of rotatable bonds is 7. The van der Waals surface area contributed by atoms with Gasteiger partial charge < -0.3 is 14.8 Å². The Kier molecular flexibility index (Phi) is 5.84. The first-order valence-electron chi connectivity index (χ1n) is 6.86. The van der Waals surface area contributed by atoms with Gasteiger partial charge in [-0.25, -0.2) is 0 Å². The molecule has 1 aromatic heterocycles. The third-order valence-corrected chi connectivity index (χ3v) is 3.28. The first-order valence-corrected chi connectivity index (χ1v) is 7.24. The Morgan fingerprint density at radius 2 is 1.90 bits per heavy atom. The van der Waals surface area contributed by atoms with E-state index >= 15 is 0 Å². The number of nitrogens with one attached hydrogen (secondary N) is 1. The maximum absolute atomic E-state index is 5.85. The van der Waals surface area contributed by atoms with Crippen LogP contribution in [0.2, 0.25) is 5.02 Å². The Balaban J connectivity index is 2.02. The van der Waals surface area contributed by atoms with Crippen molar-refractivity contribution in [3.05, 3.63) is 53.3 Å². The van der Waals surface area contributed by atoms with E-state index in [0.717, 1.165) is 17.1 Å². The number of aromatic nitrogens is 1. The van der Waals surface area contributed by atoms with Crippen LogP contribution in [0.5, 0.6) is 11.5 Å². The van der Waals surface area contributed by atoms with Crippen LogP contribution in [0.25, 0.3) is 0 Å². The van der Waals surface area contributed by atoms with Crippen LogP contribution in [0.4, 0.5) is 0 Å². The normalized spacial score (nSPS) is 12.0. The highest BCUT2D eigenvalue weighted by atomic mass is 35.5. The van der Waals surface area contributed by atoms with Gasteiger partial charge in [-0.15, -0.1) is 0 Å². The zero-order valence-corrected chi connectivity index (χ0v) is 12.9. The molecule has 0 radical (unpaired) electrons. The Bertz CT molecular complexity index is 560. The zero-order valence-electron chi connectivity index (χ0n) is 12.2. The van der Waals surface area contributed by atoms with E-state index in [1.807, 2.05) is 50.5 Å². The van der Waals surface area contributed by atoms with Gasteiger partial charge >= 0.3 is 0 Å². The fraction of sp³-hybridized carbons (Fsp3) is 0.312. The predicted molar refractivity (Wildman–Crippen MR) is 84.2 cm³/mol. The molecular formula is C16H19ClN2O2. The van der Waals surface area contributed by atoms with E-state index in [9.17, 15) is 0 Å². The molecule has 2 aromatic rings. The average molecular weight is 307 g/mol. The Hall–Kier alpha value is -1.78. The van der Waals surface area contributed by atoms with E-state index in [-0.39, 0.29) is 6.04 Å². The third kappa shape index (κ3) is 4.62. The van der Waals surface area contributed by atoms with Crippen molar-refractivity contribution in [1.82, 2.24) is 10.3 Å². The van der Waals surface area contributed by atoms with Crippen LogP contribution in [0.15, 0.2) is 42.7 Å². The highest BCUT2D eigenvalue weighted by molar-refractivity contribution is 6.30. The van der Waals surface area contributed by atoms with E-state index in [4.69, 9.17) is 21.1 Å². The molecule has 1 aromatic carbocycles. The van der Waals surface area contributed by atoms with Gasteiger partial charge in [0.05, 0.1) is 18.8 Å². The predicted octanol–water partition coefficient (Wildman–Crippen LogP) is 3.47. The number of likely N-dealkylation sites (N-methyl/N-ethyl adjacent to an activating group) is 1. The largest absolute Gasteiger partial charge is 0.492 e. The molecule has 21 heavy (non-hydrogen) atoms. The smallest absolute Gasteiger partial charge is 0.137 e. The molecule has 112 valence electrons. The second-order valence-corrected chi connectivity index (χ2v) is 4.93. The fourth-order valence-corrected chi connectivity index (χ4v) is 2.05. The maximum Gasteiger partial charge on any atom is 0.137 e.